The van der Waals surface area contributed by atoms with Gasteiger partial charge in [0.2, 0.25) is 5.89 Å². The van der Waals surface area contributed by atoms with Crippen molar-refractivity contribution in [3.05, 3.63) is 84.3 Å². The summed E-state index contributed by atoms with van der Waals surface area (Å²) in [4.78, 5) is 6.09. The molecule has 166 valence electrons. The zero-order chi connectivity index (χ0) is 22.6. The topological polar surface area (TPSA) is 95.4 Å². The van der Waals surface area contributed by atoms with Gasteiger partial charge < -0.3 is 19.0 Å². The summed E-state index contributed by atoms with van der Waals surface area (Å²) in [5, 5.41) is 18.5. The van der Waals surface area contributed by atoms with E-state index in [1.807, 2.05) is 66.7 Å². The minimum Gasteiger partial charge on any atom is -0.497 e. The molecule has 0 bridgehead atoms. The summed E-state index contributed by atoms with van der Waals surface area (Å²) in [5.41, 5.74) is 4.74. The van der Waals surface area contributed by atoms with Crippen molar-refractivity contribution in [2.24, 2.45) is 0 Å². The highest BCUT2D eigenvalue weighted by Crippen LogP contribution is 2.27. The molecule has 0 unspecified atom stereocenters. The fraction of sp³-hybridized carbons (Fsp3) is 0.160. The third-order valence-electron chi connectivity index (χ3n) is 5.19. The Balaban J connectivity index is 1.39. The van der Waals surface area contributed by atoms with Gasteiger partial charge in [0.1, 0.15) is 46.8 Å². The van der Waals surface area contributed by atoms with Crippen molar-refractivity contribution in [2.75, 3.05) is 13.7 Å². The molecule has 2 heterocycles. The number of nitrogens with zero attached hydrogens (tertiary/aromatic N) is 4. The Hall–Kier alpha value is -4.17. The third kappa shape index (κ3) is 4.42. The first-order valence-electron chi connectivity index (χ1n) is 10.5. The second-order valence-corrected chi connectivity index (χ2v) is 7.42. The van der Waals surface area contributed by atoms with Crippen LogP contribution in [0.4, 0.5) is 0 Å². The fourth-order valence-electron chi connectivity index (χ4n) is 3.48. The lowest BCUT2D eigenvalue weighted by Gasteiger charge is -2.11. The number of aliphatic hydroxyl groups excluding tert-OH is 1. The maximum atomic E-state index is 9.35. The summed E-state index contributed by atoms with van der Waals surface area (Å²) in [6.45, 7) is 0.272. The number of methoxy groups -OCH3 is 1. The van der Waals surface area contributed by atoms with Gasteiger partial charge in [-0.05, 0) is 60.5 Å². The summed E-state index contributed by atoms with van der Waals surface area (Å²) < 4.78 is 16.9. The molecule has 0 saturated heterocycles. The van der Waals surface area contributed by atoms with Crippen LogP contribution in [0, 0.1) is 0 Å². The van der Waals surface area contributed by atoms with Crippen molar-refractivity contribution in [1.29, 1.82) is 0 Å². The van der Waals surface area contributed by atoms with E-state index >= 15 is 0 Å². The van der Waals surface area contributed by atoms with Crippen molar-refractivity contribution in [2.45, 2.75) is 13.0 Å². The first-order valence-corrected chi connectivity index (χ1v) is 10.5. The lowest BCUT2D eigenvalue weighted by molar-refractivity contribution is 0.296. The SMILES string of the molecule is COc1ccc(-c2nc(COc3ccc(CCO)cc3-n3nc4ccccc4n3)co2)cc1. The smallest absolute Gasteiger partial charge is 0.226 e. The van der Waals surface area contributed by atoms with Gasteiger partial charge in [-0.15, -0.1) is 15.0 Å². The molecule has 2 aromatic heterocycles. The van der Waals surface area contributed by atoms with Crippen LogP contribution in [0.3, 0.4) is 0 Å². The van der Waals surface area contributed by atoms with E-state index in [9.17, 15) is 5.11 Å². The average Bonchev–Trinajstić information content (AvgIpc) is 3.51. The van der Waals surface area contributed by atoms with Crippen LogP contribution in [0.1, 0.15) is 11.3 Å². The zero-order valence-electron chi connectivity index (χ0n) is 18.0. The molecule has 33 heavy (non-hydrogen) atoms. The highest BCUT2D eigenvalue weighted by Gasteiger charge is 2.14. The Morgan fingerprint density at radius 1 is 0.970 bits per heavy atom. The first-order chi connectivity index (χ1) is 16.2. The van der Waals surface area contributed by atoms with Crippen molar-refractivity contribution in [1.82, 2.24) is 20.0 Å². The minimum atomic E-state index is 0.0568. The number of hydrogen-bond acceptors (Lipinski definition) is 7. The molecule has 0 radical (unpaired) electrons. The Morgan fingerprint density at radius 3 is 2.42 bits per heavy atom. The second kappa shape index (κ2) is 9.13. The van der Waals surface area contributed by atoms with Gasteiger partial charge in [0.25, 0.3) is 0 Å². The van der Waals surface area contributed by atoms with Gasteiger partial charge in [0, 0.05) is 12.2 Å². The highest BCUT2D eigenvalue weighted by atomic mass is 16.5. The monoisotopic (exact) mass is 442 g/mol. The van der Waals surface area contributed by atoms with Gasteiger partial charge in [-0.25, -0.2) is 4.98 Å². The molecular weight excluding hydrogens is 420 g/mol. The third-order valence-corrected chi connectivity index (χ3v) is 5.19. The number of oxazole rings is 1. The van der Waals surface area contributed by atoms with Gasteiger partial charge in [-0.2, -0.15) is 0 Å². The van der Waals surface area contributed by atoms with E-state index in [0.29, 0.717) is 29.4 Å². The van der Waals surface area contributed by atoms with E-state index in [4.69, 9.17) is 13.9 Å². The molecule has 0 aliphatic rings. The maximum absolute atomic E-state index is 9.35. The summed E-state index contributed by atoms with van der Waals surface area (Å²) in [6.07, 6.45) is 2.11. The average molecular weight is 442 g/mol. The lowest BCUT2D eigenvalue weighted by Crippen LogP contribution is -2.05. The Labute approximate surface area is 190 Å². The highest BCUT2D eigenvalue weighted by molar-refractivity contribution is 5.73. The lowest BCUT2D eigenvalue weighted by atomic mass is 10.1. The van der Waals surface area contributed by atoms with Gasteiger partial charge in [-0.1, -0.05) is 18.2 Å². The molecule has 0 amide bonds. The number of fused-ring (bicyclic) bond motifs is 1. The van der Waals surface area contributed by atoms with Crippen LogP contribution in [0.15, 0.2) is 77.4 Å². The molecular formula is C25H22N4O4. The Morgan fingerprint density at radius 2 is 1.73 bits per heavy atom. The van der Waals surface area contributed by atoms with Crippen molar-refractivity contribution < 1.29 is 19.0 Å². The predicted octanol–water partition coefficient (Wildman–Crippen LogP) is 4.20. The second-order valence-electron chi connectivity index (χ2n) is 7.42. The van der Waals surface area contributed by atoms with Crippen LogP contribution in [0.2, 0.25) is 0 Å². The molecule has 0 saturated carbocycles. The molecule has 8 nitrogen and oxygen atoms in total. The van der Waals surface area contributed by atoms with Crippen molar-refractivity contribution >= 4 is 11.0 Å². The Bertz CT molecular complexity index is 1340. The van der Waals surface area contributed by atoms with Gasteiger partial charge in [0.05, 0.1) is 7.11 Å². The molecule has 0 aliphatic carbocycles. The fourth-order valence-corrected chi connectivity index (χ4v) is 3.48. The molecule has 3 aromatic carbocycles. The van der Waals surface area contributed by atoms with Crippen LogP contribution in [-0.4, -0.2) is 38.8 Å². The number of aromatic nitrogens is 4. The number of aliphatic hydroxyl groups is 1. The van der Waals surface area contributed by atoms with Crippen LogP contribution in [0.25, 0.3) is 28.2 Å². The molecule has 0 spiro atoms. The molecule has 1 N–H and O–H groups in total. The molecule has 0 fully saturated rings. The van der Waals surface area contributed by atoms with Crippen LogP contribution in [-0.2, 0) is 13.0 Å². The summed E-state index contributed by atoms with van der Waals surface area (Å²) >= 11 is 0. The van der Waals surface area contributed by atoms with Gasteiger partial charge >= 0.3 is 0 Å². The van der Waals surface area contributed by atoms with Crippen LogP contribution < -0.4 is 9.47 Å². The normalized spacial score (nSPS) is 11.1. The van der Waals surface area contributed by atoms with E-state index < -0.39 is 0 Å². The van der Waals surface area contributed by atoms with Crippen LogP contribution >= 0.6 is 0 Å². The van der Waals surface area contributed by atoms with Crippen LogP contribution in [0.5, 0.6) is 11.5 Å². The molecule has 5 aromatic rings. The number of rotatable bonds is 8. The quantitative estimate of drug-likeness (QED) is 0.385. The summed E-state index contributed by atoms with van der Waals surface area (Å²) in [6, 6.07) is 20.9. The standard InChI is InChI=1S/C25H22N4O4/c1-31-20-9-7-18(8-10-20)25-26-19(16-33-25)15-32-24-11-6-17(12-13-30)14-23(24)29-27-21-4-2-3-5-22(21)28-29/h2-11,14,16,30H,12-13,15H2,1H3. The van der Waals surface area contributed by atoms with Crippen molar-refractivity contribution in [3.8, 4) is 28.6 Å². The van der Waals surface area contributed by atoms with Crippen molar-refractivity contribution in [3.63, 3.8) is 0 Å². The molecule has 5 rings (SSSR count). The maximum Gasteiger partial charge on any atom is 0.226 e. The van der Waals surface area contributed by atoms with E-state index in [1.165, 1.54) is 0 Å². The number of benzene rings is 3. The number of hydrogen-bond donors (Lipinski definition) is 1. The number of ether oxygens (including phenoxy) is 2. The molecule has 0 aliphatic heterocycles. The van der Waals surface area contributed by atoms with Gasteiger partial charge in [-0.3, -0.25) is 0 Å². The summed E-state index contributed by atoms with van der Waals surface area (Å²) in [5.74, 6) is 1.88. The Kier molecular flexibility index (Phi) is 5.73. The first kappa shape index (κ1) is 20.7. The van der Waals surface area contributed by atoms with Gasteiger partial charge in [0.15, 0.2) is 0 Å². The van der Waals surface area contributed by atoms with E-state index in [1.54, 1.807) is 18.2 Å². The van der Waals surface area contributed by atoms with E-state index in [2.05, 4.69) is 15.2 Å². The molecule has 8 heteroatoms. The predicted molar refractivity (Wildman–Crippen MR) is 122 cm³/mol. The molecule has 0 atom stereocenters. The zero-order valence-corrected chi connectivity index (χ0v) is 18.0. The van der Waals surface area contributed by atoms with E-state index in [-0.39, 0.29) is 13.2 Å². The largest absolute Gasteiger partial charge is 0.497 e. The minimum absolute atomic E-state index is 0.0568. The van der Waals surface area contributed by atoms with E-state index in [0.717, 1.165) is 27.9 Å². The summed E-state index contributed by atoms with van der Waals surface area (Å²) in [7, 11) is 1.63.